The van der Waals surface area contributed by atoms with E-state index in [2.05, 4.69) is 20.6 Å². The van der Waals surface area contributed by atoms with Crippen molar-refractivity contribution in [1.29, 1.82) is 0 Å². The smallest absolute Gasteiger partial charge is 0.407 e. The van der Waals surface area contributed by atoms with Gasteiger partial charge in [-0.25, -0.2) is 9.48 Å². The molecular weight excluding hydrogens is 418 g/mol. The van der Waals surface area contributed by atoms with Crippen LogP contribution in [0.4, 0.5) is 10.5 Å². The molecule has 1 atom stereocenters. The number of carbonyl (C=O) groups excluding carboxylic acids is 2. The van der Waals surface area contributed by atoms with E-state index in [1.807, 2.05) is 69.6 Å². The van der Waals surface area contributed by atoms with Crippen molar-refractivity contribution < 1.29 is 14.3 Å². The minimum Gasteiger partial charge on any atom is -0.444 e. The maximum atomic E-state index is 12.7. The standard InChI is InChI=1S/C25H37N5O3/c1-18-23(19(2)30(28-18)21-11-7-6-8-12-21)27-22(31)13-15-29-14-9-10-20(17-29)16-26-24(32)33-25(3,4)5/h6-8,11-12,20H,9-10,13-17H2,1-5H3,(H,26,32)(H,27,31). The first-order valence-electron chi connectivity index (χ1n) is 11.7. The zero-order chi connectivity index (χ0) is 24.0. The zero-order valence-corrected chi connectivity index (χ0v) is 20.5. The van der Waals surface area contributed by atoms with Gasteiger partial charge in [-0.3, -0.25) is 4.79 Å². The third kappa shape index (κ3) is 7.32. The highest BCUT2D eigenvalue weighted by Gasteiger charge is 2.23. The summed E-state index contributed by atoms with van der Waals surface area (Å²) in [6.45, 7) is 12.6. The number of hydrogen-bond donors (Lipinski definition) is 2. The van der Waals surface area contributed by atoms with Crippen molar-refractivity contribution in [3.05, 3.63) is 41.7 Å². The Labute approximate surface area is 196 Å². The van der Waals surface area contributed by atoms with Crippen LogP contribution in [0.15, 0.2) is 30.3 Å². The number of rotatable bonds is 7. The number of anilines is 1. The van der Waals surface area contributed by atoms with Gasteiger partial charge in [0.25, 0.3) is 0 Å². The Morgan fingerprint density at radius 1 is 1.18 bits per heavy atom. The molecule has 3 rings (SSSR count). The Morgan fingerprint density at radius 3 is 2.61 bits per heavy atom. The predicted molar refractivity (Wildman–Crippen MR) is 130 cm³/mol. The quantitative estimate of drug-likeness (QED) is 0.657. The van der Waals surface area contributed by atoms with Gasteiger partial charge >= 0.3 is 6.09 Å². The average molecular weight is 456 g/mol. The van der Waals surface area contributed by atoms with E-state index in [0.717, 1.165) is 48.7 Å². The fraction of sp³-hybridized carbons (Fsp3) is 0.560. The number of aromatic nitrogens is 2. The molecular formula is C25H37N5O3. The van der Waals surface area contributed by atoms with Gasteiger partial charge in [-0.15, -0.1) is 0 Å². The van der Waals surface area contributed by atoms with Crippen molar-refractivity contribution in [3.63, 3.8) is 0 Å². The average Bonchev–Trinajstić information content (AvgIpc) is 3.04. The third-order valence-corrected chi connectivity index (χ3v) is 5.75. The molecule has 1 aliphatic rings. The van der Waals surface area contributed by atoms with Crippen LogP contribution in [0, 0.1) is 19.8 Å². The number of likely N-dealkylation sites (tertiary alicyclic amines) is 1. The number of benzene rings is 1. The van der Waals surface area contributed by atoms with Gasteiger partial charge in [0.05, 0.1) is 22.8 Å². The molecule has 1 aromatic carbocycles. The van der Waals surface area contributed by atoms with Crippen molar-refractivity contribution in [2.75, 3.05) is 31.5 Å². The number of aryl methyl sites for hydroxylation is 1. The summed E-state index contributed by atoms with van der Waals surface area (Å²) < 4.78 is 7.18. The van der Waals surface area contributed by atoms with Crippen molar-refractivity contribution >= 4 is 17.7 Å². The molecule has 2 heterocycles. The van der Waals surface area contributed by atoms with Crippen LogP contribution in [0.1, 0.15) is 51.4 Å². The van der Waals surface area contributed by atoms with E-state index in [1.54, 1.807) is 0 Å². The molecule has 1 saturated heterocycles. The largest absolute Gasteiger partial charge is 0.444 e. The van der Waals surface area contributed by atoms with Gasteiger partial charge in [0, 0.05) is 26.1 Å². The summed E-state index contributed by atoms with van der Waals surface area (Å²) in [5.74, 6) is 0.353. The molecule has 8 nitrogen and oxygen atoms in total. The number of nitrogens with zero attached hydrogens (tertiary/aromatic N) is 3. The lowest BCUT2D eigenvalue weighted by atomic mass is 9.98. The van der Waals surface area contributed by atoms with Gasteiger partial charge in [0.1, 0.15) is 5.60 Å². The number of ether oxygens (including phenoxy) is 1. The molecule has 0 aliphatic carbocycles. The molecule has 8 heteroatoms. The molecule has 2 amide bonds. The second-order valence-corrected chi connectivity index (χ2v) is 9.78. The van der Waals surface area contributed by atoms with Crippen LogP contribution in [-0.2, 0) is 9.53 Å². The summed E-state index contributed by atoms with van der Waals surface area (Å²) in [6, 6.07) is 9.90. The second-order valence-electron chi connectivity index (χ2n) is 9.78. The number of hydrogen-bond acceptors (Lipinski definition) is 5. The van der Waals surface area contributed by atoms with Gasteiger partial charge < -0.3 is 20.3 Å². The van der Waals surface area contributed by atoms with Crippen molar-refractivity contribution in [2.45, 2.75) is 59.5 Å². The number of para-hydroxylation sites is 1. The van der Waals surface area contributed by atoms with Gasteiger partial charge in [-0.2, -0.15) is 5.10 Å². The zero-order valence-electron chi connectivity index (χ0n) is 20.5. The lowest BCUT2D eigenvalue weighted by Crippen LogP contribution is -2.42. The molecule has 180 valence electrons. The van der Waals surface area contributed by atoms with Crippen LogP contribution >= 0.6 is 0 Å². The van der Waals surface area contributed by atoms with Crippen LogP contribution < -0.4 is 10.6 Å². The van der Waals surface area contributed by atoms with Gasteiger partial charge in [0.2, 0.25) is 5.91 Å². The summed E-state index contributed by atoms with van der Waals surface area (Å²) in [4.78, 5) is 26.9. The Hall–Kier alpha value is -2.87. The highest BCUT2D eigenvalue weighted by atomic mass is 16.6. The number of piperidine rings is 1. The van der Waals surface area contributed by atoms with Crippen molar-refractivity contribution in [1.82, 2.24) is 20.0 Å². The summed E-state index contributed by atoms with van der Waals surface area (Å²) in [6.07, 6.45) is 2.17. The molecule has 0 radical (unpaired) electrons. The molecule has 1 aromatic heterocycles. The monoisotopic (exact) mass is 455 g/mol. The molecule has 0 bridgehead atoms. The fourth-order valence-corrected chi connectivity index (χ4v) is 4.17. The SMILES string of the molecule is Cc1nn(-c2ccccc2)c(C)c1NC(=O)CCN1CCCC(CNC(=O)OC(C)(C)C)C1. The Morgan fingerprint density at radius 2 is 1.91 bits per heavy atom. The van der Waals surface area contributed by atoms with Crippen LogP contribution in [0.3, 0.4) is 0 Å². The van der Waals surface area contributed by atoms with E-state index in [4.69, 9.17) is 4.74 Å². The molecule has 1 unspecified atom stereocenters. The van der Waals surface area contributed by atoms with Crippen molar-refractivity contribution in [3.8, 4) is 5.69 Å². The predicted octanol–water partition coefficient (Wildman–Crippen LogP) is 4.05. The topological polar surface area (TPSA) is 88.5 Å². The highest BCUT2D eigenvalue weighted by molar-refractivity contribution is 5.92. The van der Waals surface area contributed by atoms with Gasteiger partial charge in [-0.05, 0) is 72.1 Å². The normalized spacial score (nSPS) is 16.9. The first-order chi connectivity index (χ1) is 15.6. The Balaban J connectivity index is 1.47. The molecule has 33 heavy (non-hydrogen) atoms. The number of amides is 2. The number of nitrogens with one attached hydrogen (secondary N) is 2. The molecule has 0 spiro atoms. The maximum absolute atomic E-state index is 12.7. The summed E-state index contributed by atoms with van der Waals surface area (Å²) in [5, 5.41) is 10.5. The van der Waals surface area contributed by atoms with E-state index < -0.39 is 5.60 Å². The van der Waals surface area contributed by atoms with Gasteiger partial charge in [0.15, 0.2) is 0 Å². The summed E-state index contributed by atoms with van der Waals surface area (Å²) >= 11 is 0. The second kappa shape index (κ2) is 10.8. The first kappa shape index (κ1) is 24.8. The van der Waals surface area contributed by atoms with E-state index >= 15 is 0 Å². The summed E-state index contributed by atoms with van der Waals surface area (Å²) in [7, 11) is 0. The molecule has 1 aliphatic heterocycles. The lowest BCUT2D eigenvalue weighted by molar-refractivity contribution is -0.116. The highest BCUT2D eigenvalue weighted by Crippen LogP contribution is 2.23. The van der Waals surface area contributed by atoms with Crippen molar-refractivity contribution in [2.24, 2.45) is 5.92 Å². The first-order valence-corrected chi connectivity index (χ1v) is 11.7. The minimum absolute atomic E-state index is 0.0113. The van der Waals surface area contributed by atoms with Gasteiger partial charge in [-0.1, -0.05) is 18.2 Å². The Kier molecular flexibility index (Phi) is 8.13. The third-order valence-electron chi connectivity index (χ3n) is 5.75. The van der Waals surface area contributed by atoms with Crippen LogP contribution in [-0.4, -0.2) is 58.5 Å². The van der Waals surface area contributed by atoms with E-state index in [9.17, 15) is 9.59 Å². The molecule has 2 aromatic rings. The maximum Gasteiger partial charge on any atom is 0.407 e. The van der Waals surface area contributed by atoms with E-state index in [0.29, 0.717) is 25.4 Å². The molecule has 1 fully saturated rings. The van der Waals surface area contributed by atoms with Crippen LogP contribution in [0.5, 0.6) is 0 Å². The number of alkyl carbamates (subject to hydrolysis) is 1. The molecule has 0 saturated carbocycles. The lowest BCUT2D eigenvalue weighted by Gasteiger charge is -2.32. The minimum atomic E-state index is -0.496. The van der Waals surface area contributed by atoms with Crippen LogP contribution in [0.2, 0.25) is 0 Å². The molecule has 2 N–H and O–H groups in total. The fourth-order valence-electron chi connectivity index (χ4n) is 4.17. The van der Waals surface area contributed by atoms with E-state index in [1.165, 1.54) is 0 Å². The van der Waals surface area contributed by atoms with Crippen LogP contribution in [0.25, 0.3) is 5.69 Å². The van der Waals surface area contributed by atoms with E-state index in [-0.39, 0.29) is 12.0 Å². The Bertz CT molecular complexity index is 949. The summed E-state index contributed by atoms with van der Waals surface area (Å²) in [5.41, 5.74) is 2.97. The number of carbonyl (C=O) groups is 2.